The van der Waals surface area contributed by atoms with Gasteiger partial charge < -0.3 is 44.9 Å². The molecule has 13 heteroatoms. The van der Waals surface area contributed by atoms with Gasteiger partial charge in [0, 0.05) is 18.7 Å². The summed E-state index contributed by atoms with van der Waals surface area (Å²) in [5, 5.41) is 37.6. The van der Waals surface area contributed by atoms with Crippen LogP contribution in [0, 0.1) is 10.1 Å². The number of non-ortho nitro benzene ring substituents is 1. The molecule has 0 heterocycles. The number of carbonyl (C=O) groups is 1. The molecule has 7 aromatic carbocycles. The first-order valence-corrected chi connectivity index (χ1v) is 22.3. The maximum Gasteiger partial charge on any atom is 0.312 e. The number of carbonyl (C=O) groups excluding carboxylic acids is 1. The van der Waals surface area contributed by atoms with Gasteiger partial charge in [0.15, 0.2) is 0 Å². The molecule has 0 aliphatic rings. The van der Waals surface area contributed by atoms with Crippen LogP contribution in [0.5, 0.6) is 28.7 Å². The molecule has 0 aliphatic carbocycles. The Morgan fingerprint density at radius 3 is 1.28 bits per heavy atom. The number of rotatable bonds is 22. The number of aliphatic hydroxyl groups is 2. The largest absolute Gasteiger partial charge is 0.497 e. The van der Waals surface area contributed by atoms with Crippen LogP contribution in [-0.2, 0) is 16.0 Å². The van der Waals surface area contributed by atoms with Crippen LogP contribution in [0.25, 0.3) is 0 Å². The molecule has 0 saturated carbocycles. The monoisotopic (exact) mass is 919 g/mol. The topological polar surface area (TPSA) is 185 Å². The number of nitrogens with one attached hydrogen (secondary N) is 1. The van der Waals surface area contributed by atoms with Crippen molar-refractivity contribution in [1.82, 2.24) is 5.32 Å². The maximum absolute atomic E-state index is 12.0. The van der Waals surface area contributed by atoms with Gasteiger partial charge in [-0.2, -0.15) is 0 Å². The number of ether oxygens (including phenoxy) is 5. The number of nitro groups is 1. The lowest BCUT2D eigenvalue weighted by Gasteiger charge is -2.30. The summed E-state index contributed by atoms with van der Waals surface area (Å²) in [6.07, 6.45) is 1.69. The first-order chi connectivity index (χ1) is 33.1. The van der Waals surface area contributed by atoms with Gasteiger partial charge in [0.05, 0.1) is 38.8 Å². The zero-order valence-corrected chi connectivity index (χ0v) is 38.2. The number of esters is 1. The minimum absolute atomic E-state index is 0.0631. The third-order valence-electron chi connectivity index (χ3n) is 11.1. The van der Waals surface area contributed by atoms with Gasteiger partial charge in [0.2, 0.25) is 0 Å². The van der Waals surface area contributed by atoms with Crippen molar-refractivity contribution in [3.05, 3.63) is 225 Å². The highest BCUT2D eigenvalue weighted by Gasteiger charge is 2.35. The predicted molar refractivity (Wildman–Crippen MR) is 261 cm³/mol. The van der Waals surface area contributed by atoms with Crippen LogP contribution >= 0.6 is 0 Å². The molecule has 0 bridgehead atoms. The van der Waals surface area contributed by atoms with Crippen molar-refractivity contribution in [2.75, 3.05) is 47.1 Å². The fraction of sp³-hybridized carbons (Fsp3) is 0.218. The van der Waals surface area contributed by atoms with Crippen LogP contribution in [-0.4, -0.2) is 68.2 Å². The molecule has 0 aliphatic heterocycles. The minimum atomic E-state index is -1.35. The highest BCUT2D eigenvalue weighted by atomic mass is 16.6. The molecule has 0 radical (unpaired) electrons. The number of benzene rings is 7. The van der Waals surface area contributed by atoms with Crippen LogP contribution in [0.3, 0.4) is 0 Å². The van der Waals surface area contributed by atoms with Crippen LogP contribution in [0.1, 0.15) is 52.6 Å². The molecule has 0 amide bonds. The molecule has 0 fully saturated rings. The minimum Gasteiger partial charge on any atom is -0.497 e. The predicted octanol–water partition coefficient (Wildman–Crippen LogP) is 8.95. The van der Waals surface area contributed by atoms with Crippen molar-refractivity contribution in [1.29, 1.82) is 0 Å². The molecule has 352 valence electrons. The van der Waals surface area contributed by atoms with Gasteiger partial charge in [0.1, 0.15) is 39.9 Å². The van der Waals surface area contributed by atoms with E-state index in [1.807, 2.05) is 158 Å². The van der Waals surface area contributed by atoms with Crippen molar-refractivity contribution < 1.29 is 43.6 Å². The number of nitrogens with two attached hydrogens (primary N) is 1. The molecule has 7 aromatic rings. The highest BCUT2D eigenvalue weighted by molar-refractivity contribution is 5.72. The second-order valence-corrected chi connectivity index (χ2v) is 15.6. The Morgan fingerprint density at radius 2 is 0.897 bits per heavy atom. The van der Waals surface area contributed by atoms with Gasteiger partial charge in [-0.1, -0.05) is 109 Å². The smallest absolute Gasteiger partial charge is 0.312 e. The summed E-state index contributed by atoms with van der Waals surface area (Å²) in [6, 6.07) is 54.4. The lowest BCUT2D eigenvalue weighted by atomic mass is 9.80. The van der Waals surface area contributed by atoms with E-state index < -0.39 is 22.1 Å². The van der Waals surface area contributed by atoms with Crippen molar-refractivity contribution in [3.8, 4) is 28.7 Å². The fourth-order valence-corrected chi connectivity index (χ4v) is 7.40. The molecule has 7 rings (SSSR count). The molecule has 0 saturated heterocycles. The number of hydrogen-bond acceptors (Lipinski definition) is 12. The highest BCUT2D eigenvalue weighted by Crippen LogP contribution is 2.39. The summed E-state index contributed by atoms with van der Waals surface area (Å²) in [7, 11) is 3.23. The molecule has 0 spiro atoms. The van der Waals surface area contributed by atoms with E-state index in [0.717, 1.165) is 52.2 Å². The quantitative estimate of drug-likeness (QED) is 0.0127. The molecule has 68 heavy (non-hydrogen) atoms. The Bertz CT molecular complexity index is 2600. The second-order valence-electron chi connectivity index (χ2n) is 15.6. The van der Waals surface area contributed by atoms with Gasteiger partial charge in [-0.15, -0.1) is 0 Å². The number of nitrogens with zero attached hydrogens (tertiary/aromatic N) is 1. The summed E-state index contributed by atoms with van der Waals surface area (Å²) in [4.78, 5) is 22.2. The third kappa shape index (κ3) is 13.1. The van der Waals surface area contributed by atoms with E-state index >= 15 is 0 Å². The van der Waals surface area contributed by atoms with Gasteiger partial charge >= 0.3 is 5.97 Å². The van der Waals surface area contributed by atoms with Crippen LogP contribution < -0.4 is 34.7 Å². The first kappa shape index (κ1) is 49.9. The van der Waals surface area contributed by atoms with Gasteiger partial charge in [-0.3, -0.25) is 14.9 Å². The molecule has 0 aromatic heterocycles. The Kier molecular flexibility index (Phi) is 18.2. The Balaban J connectivity index is 0.000000244. The average Bonchev–Trinajstić information content (AvgIpc) is 3.39. The summed E-state index contributed by atoms with van der Waals surface area (Å²) in [6.45, 7) is 2.74. The summed E-state index contributed by atoms with van der Waals surface area (Å²) >= 11 is 0. The Morgan fingerprint density at radius 1 is 0.529 bits per heavy atom. The van der Waals surface area contributed by atoms with Gasteiger partial charge in [0.25, 0.3) is 5.69 Å². The zero-order valence-electron chi connectivity index (χ0n) is 38.2. The molecular weight excluding hydrogens is 863 g/mol. The molecule has 5 N–H and O–H groups in total. The van der Waals surface area contributed by atoms with Crippen LogP contribution in [0.2, 0.25) is 0 Å². The maximum atomic E-state index is 12.0. The van der Waals surface area contributed by atoms with E-state index in [0.29, 0.717) is 49.9 Å². The summed E-state index contributed by atoms with van der Waals surface area (Å²) < 4.78 is 27.3. The standard InChI is InChI=1S/C32H32N2O7.C23H25NO3/c1-39-28-14-8-25(9-15-28)32(36,24-6-3-2-4-7-24)26-10-16-29(17-11-26)40-23-5-21-33-22-20-31(35)41-30-18-12-27(13-19-30)34(37)38;1-26-21-12-8-19(9-13-21)23(25,18-6-3-2-4-7-18)20-10-14-22(15-11-20)27-17-5-16-24/h2-4,6-19,33,36H,5,20-23H2,1H3;2-4,6-15,25H,5,16-17,24H2,1H3. The van der Waals surface area contributed by atoms with Gasteiger partial charge in [-0.05, 0) is 120 Å². The van der Waals surface area contributed by atoms with Crippen LogP contribution in [0.15, 0.2) is 182 Å². The number of hydrogen-bond donors (Lipinski definition) is 4. The number of methoxy groups -OCH3 is 2. The fourth-order valence-electron chi connectivity index (χ4n) is 7.40. The van der Waals surface area contributed by atoms with Crippen molar-refractivity contribution >= 4 is 11.7 Å². The van der Waals surface area contributed by atoms with Crippen molar-refractivity contribution in [2.24, 2.45) is 5.73 Å². The molecule has 13 nitrogen and oxygen atoms in total. The summed E-state index contributed by atoms with van der Waals surface area (Å²) in [5.41, 5.74) is 7.33. The van der Waals surface area contributed by atoms with Crippen LogP contribution in [0.4, 0.5) is 5.69 Å². The average molecular weight is 920 g/mol. The van der Waals surface area contributed by atoms with E-state index in [1.54, 1.807) is 14.2 Å². The second kappa shape index (κ2) is 24.8. The SMILES string of the molecule is COc1ccc(C(O)(c2ccccc2)c2ccc(OCCCN)cc2)cc1.COc1ccc(C(O)(c2ccccc2)c2ccc(OCCCNCCC(=O)Oc3ccc([N+](=O)[O-])cc3)cc2)cc1. The van der Waals surface area contributed by atoms with E-state index in [-0.39, 0.29) is 17.9 Å². The van der Waals surface area contributed by atoms with Crippen molar-refractivity contribution in [3.63, 3.8) is 0 Å². The van der Waals surface area contributed by atoms with E-state index in [1.165, 1.54) is 24.3 Å². The zero-order chi connectivity index (χ0) is 48.2. The van der Waals surface area contributed by atoms with E-state index in [9.17, 15) is 25.1 Å². The number of nitro benzene ring substituents is 1. The third-order valence-corrected chi connectivity index (χ3v) is 11.1. The molecular formula is C55H57N3O10. The van der Waals surface area contributed by atoms with Crippen molar-refractivity contribution in [2.45, 2.75) is 30.5 Å². The lowest BCUT2D eigenvalue weighted by molar-refractivity contribution is -0.384. The normalized spacial score (nSPS) is 12.5. The van der Waals surface area contributed by atoms with E-state index in [4.69, 9.17) is 29.4 Å². The first-order valence-electron chi connectivity index (χ1n) is 22.3. The van der Waals surface area contributed by atoms with Gasteiger partial charge in [-0.25, -0.2) is 0 Å². The Hall–Kier alpha value is -7.55. The lowest BCUT2D eigenvalue weighted by Crippen LogP contribution is -2.28. The summed E-state index contributed by atoms with van der Waals surface area (Å²) in [5.74, 6) is 2.75. The molecule has 2 atom stereocenters. The Labute approximate surface area is 396 Å². The molecule has 2 unspecified atom stereocenters. The van der Waals surface area contributed by atoms with E-state index in [2.05, 4.69) is 5.32 Å².